The second-order valence-electron chi connectivity index (χ2n) is 5.59. The number of aromatic hydroxyl groups is 1. The highest BCUT2D eigenvalue weighted by Crippen LogP contribution is 2.31. The van der Waals surface area contributed by atoms with Crippen LogP contribution in [0.15, 0.2) is 29.3 Å². The number of hydrogen-bond donors (Lipinski definition) is 1. The van der Waals surface area contributed by atoms with Gasteiger partial charge in [0.25, 0.3) is 0 Å². The summed E-state index contributed by atoms with van der Waals surface area (Å²) in [7, 11) is 0. The predicted molar refractivity (Wildman–Crippen MR) is 79.3 cm³/mol. The smallest absolute Gasteiger partial charge is 0.157 e. The number of carbonyl (C=O) groups is 1. The van der Waals surface area contributed by atoms with Gasteiger partial charge in [0, 0.05) is 0 Å². The maximum absolute atomic E-state index is 11.0. The van der Waals surface area contributed by atoms with Gasteiger partial charge in [-0.25, -0.2) is 0 Å². The third-order valence-electron chi connectivity index (χ3n) is 3.89. The van der Waals surface area contributed by atoms with Crippen molar-refractivity contribution in [3.8, 4) is 11.5 Å². The summed E-state index contributed by atoms with van der Waals surface area (Å²) in [6.07, 6.45) is 5.32. The van der Waals surface area contributed by atoms with E-state index in [1.165, 1.54) is 30.1 Å². The fourth-order valence-electron chi connectivity index (χ4n) is 2.79. The van der Waals surface area contributed by atoms with Crippen LogP contribution in [0.2, 0.25) is 0 Å². The molecule has 1 aromatic carbocycles. The average molecular weight is 274 g/mol. The van der Waals surface area contributed by atoms with E-state index in [2.05, 4.69) is 13.8 Å². The van der Waals surface area contributed by atoms with Crippen molar-refractivity contribution in [2.75, 3.05) is 6.61 Å². The Bertz CT molecular complexity index is 515. The summed E-state index contributed by atoms with van der Waals surface area (Å²) < 4.78 is 5.78. The van der Waals surface area contributed by atoms with E-state index >= 15 is 0 Å². The van der Waals surface area contributed by atoms with E-state index < -0.39 is 0 Å². The molecule has 0 atom stereocenters. The molecule has 0 amide bonds. The van der Waals surface area contributed by atoms with Crippen LogP contribution < -0.4 is 4.74 Å². The van der Waals surface area contributed by atoms with Crippen LogP contribution in [0, 0.1) is 5.92 Å². The lowest BCUT2D eigenvalue weighted by Gasteiger charge is -2.23. The molecule has 0 saturated carbocycles. The molecule has 0 aliphatic heterocycles. The molecule has 3 heteroatoms. The molecule has 3 nitrogen and oxygen atoms in total. The van der Waals surface area contributed by atoms with Gasteiger partial charge in [0.1, 0.15) is 18.1 Å². The van der Waals surface area contributed by atoms with Crippen molar-refractivity contribution >= 4 is 6.29 Å². The Hall–Kier alpha value is -1.77. The summed E-state index contributed by atoms with van der Waals surface area (Å²) in [6, 6.07) is 4.91. The third kappa shape index (κ3) is 3.21. The summed E-state index contributed by atoms with van der Waals surface area (Å²) in [5, 5.41) is 9.65. The first-order valence-corrected chi connectivity index (χ1v) is 7.24. The van der Waals surface area contributed by atoms with Gasteiger partial charge >= 0.3 is 0 Å². The Labute approximate surface area is 120 Å². The zero-order valence-corrected chi connectivity index (χ0v) is 12.2. The highest BCUT2D eigenvalue weighted by atomic mass is 16.5. The Morgan fingerprint density at radius 1 is 1.30 bits per heavy atom. The Morgan fingerprint density at radius 3 is 2.75 bits per heavy atom. The van der Waals surface area contributed by atoms with Crippen molar-refractivity contribution in [3.05, 3.63) is 34.9 Å². The van der Waals surface area contributed by atoms with Crippen LogP contribution in [-0.4, -0.2) is 18.0 Å². The van der Waals surface area contributed by atoms with Gasteiger partial charge in [-0.1, -0.05) is 25.5 Å². The van der Waals surface area contributed by atoms with Crippen LogP contribution in [-0.2, 0) is 0 Å². The minimum Gasteiger partial charge on any atom is -0.507 e. The number of benzene rings is 1. The molecule has 0 spiro atoms. The fraction of sp³-hybridized carbons (Fsp3) is 0.471. The summed E-state index contributed by atoms with van der Waals surface area (Å²) in [5.74, 6) is 0.976. The van der Waals surface area contributed by atoms with Crippen molar-refractivity contribution in [2.24, 2.45) is 5.92 Å². The predicted octanol–water partition coefficient (Wildman–Crippen LogP) is 4.11. The molecule has 0 bridgehead atoms. The Balaban J connectivity index is 2.16. The maximum atomic E-state index is 11.0. The molecule has 0 saturated heterocycles. The molecule has 108 valence electrons. The number of aldehydes is 1. The molecule has 1 aliphatic carbocycles. The summed E-state index contributed by atoms with van der Waals surface area (Å²) in [6.45, 7) is 4.94. The van der Waals surface area contributed by atoms with Crippen LogP contribution in [0.1, 0.15) is 49.9 Å². The highest BCUT2D eigenvalue weighted by Gasteiger charge is 2.16. The van der Waals surface area contributed by atoms with E-state index in [0.717, 1.165) is 12.8 Å². The van der Waals surface area contributed by atoms with Crippen LogP contribution in [0.4, 0.5) is 0 Å². The van der Waals surface area contributed by atoms with Crippen LogP contribution >= 0.6 is 0 Å². The van der Waals surface area contributed by atoms with Crippen molar-refractivity contribution in [1.29, 1.82) is 0 Å². The molecule has 0 fully saturated rings. The largest absolute Gasteiger partial charge is 0.507 e. The van der Waals surface area contributed by atoms with Crippen LogP contribution in [0.3, 0.4) is 0 Å². The monoisotopic (exact) mass is 274 g/mol. The van der Waals surface area contributed by atoms with Gasteiger partial charge in [-0.15, -0.1) is 0 Å². The number of ether oxygens (including phenoxy) is 1. The van der Waals surface area contributed by atoms with E-state index in [0.29, 0.717) is 24.6 Å². The van der Waals surface area contributed by atoms with E-state index in [9.17, 15) is 9.90 Å². The van der Waals surface area contributed by atoms with Crippen molar-refractivity contribution in [2.45, 2.75) is 39.5 Å². The number of phenolic OH excluding ortho intramolecular Hbond substituents is 1. The van der Waals surface area contributed by atoms with E-state index in [-0.39, 0.29) is 11.3 Å². The van der Waals surface area contributed by atoms with Gasteiger partial charge in [-0.2, -0.15) is 0 Å². The number of rotatable bonds is 5. The molecule has 20 heavy (non-hydrogen) atoms. The molecular formula is C17H22O3. The van der Waals surface area contributed by atoms with Gasteiger partial charge in [-0.05, 0) is 49.3 Å². The maximum Gasteiger partial charge on any atom is 0.157 e. The summed E-state index contributed by atoms with van der Waals surface area (Å²) in [5.41, 5.74) is 3.07. The first-order valence-electron chi connectivity index (χ1n) is 7.24. The topological polar surface area (TPSA) is 46.5 Å². The Kier molecular flexibility index (Phi) is 4.83. The van der Waals surface area contributed by atoms with Gasteiger partial charge in [0.15, 0.2) is 6.29 Å². The van der Waals surface area contributed by atoms with Crippen LogP contribution in [0.5, 0.6) is 11.5 Å². The first-order chi connectivity index (χ1) is 9.63. The first kappa shape index (κ1) is 14.6. The van der Waals surface area contributed by atoms with Crippen molar-refractivity contribution < 1.29 is 14.6 Å². The number of carbonyl (C=O) groups excluding carboxylic acids is 1. The molecule has 1 aromatic rings. The zero-order chi connectivity index (χ0) is 14.5. The quantitative estimate of drug-likeness (QED) is 0.649. The molecule has 0 unspecified atom stereocenters. The molecule has 0 aromatic heterocycles. The van der Waals surface area contributed by atoms with Crippen molar-refractivity contribution in [1.82, 2.24) is 0 Å². The molecule has 1 aliphatic rings. The van der Waals surface area contributed by atoms with Gasteiger partial charge in [0.05, 0.1) is 5.56 Å². The van der Waals surface area contributed by atoms with Gasteiger partial charge < -0.3 is 9.84 Å². The van der Waals surface area contributed by atoms with E-state index in [1.54, 1.807) is 12.1 Å². The summed E-state index contributed by atoms with van der Waals surface area (Å²) >= 11 is 0. The number of phenols is 1. The zero-order valence-electron chi connectivity index (χ0n) is 12.2. The number of hydrogen-bond acceptors (Lipinski definition) is 3. The van der Waals surface area contributed by atoms with E-state index in [4.69, 9.17) is 4.74 Å². The lowest BCUT2D eigenvalue weighted by Crippen LogP contribution is -2.12. The molecule has 2 rings (SSSR count). The Morgan fingerprint density at radius 2 is 2.05 bits per heavy atom. The standard InChI is InChI=1S/C17H22O3/c1-12(2)14-7-4-3-6-13(14)11-20-17-9-5-8-16(19)15(17)10-18/h5,8-10,12,19H,3-4,6-7,11H2,1-2H3. The summed E-state index contributed by atoms with van der Waals surface area (Å²) in [4.78, 5) is 11.0. The molecule has 1 N–H and O–H groups in total. The average Bonchev–Trinajstić information content (AvgIpc) is 2.45. The van der Waals surface area contributed by atoms with Crippen LogP contribution in [0.25, 0.3) is 0 Å². The molecule has 0 heterocycles. The fourth-order valence-corrected chi connectivity index (χ4v) is 2.79. The van der Waals surface area contributed by atoms with Crippen molar-refractivity contribution in [3.63, 3.8) is 0 Å². The lowest BCUT2D eigenvalue weighted by molar-refractivity contribution is 0.111. The molecular weight excluding hydrogens is 252 g/mol. The van der Waals surface area contributed by atoms with E-state index in [1.807, 2.05) is 0 Å². The van der Waals surface area contributed by atoms with Gasteiger partial charge in [-0.3, -0.25) is 4.79 Å². The number of allylic oxidation sites excluding steroid dienone is 1. The third-order valence-corrected chi connectivity index (χ3v) is 3.89. The minimum absolute atomic E-state index is 0.0285. The second kappa shape index (κ2) is 6.60. The lowest BCUT2D eigenvalue weighted by atomic mass is 9.86. The molecule has 0 radical (unpaired) electrons. The highest BCUT2D eigenvalue weighted by molar-refractivity contribution is 5.83. The second-order valence-corrected chi connectivity index (χ2v) is 5.59. The SMILES string of the molecule is CC(C)C1=C(COc2cccc(O)c2C=O)CCCC1. The van der Waals surface area contributed by atoms with Gasteiger partial charge in [0.2, 0.25) is 0 Å². The minimum atomic E-state index is -0.0285. The normalized spacial score (nSPS) is 15.6.